The van der Waals surface area contributed by atoms with Crippen LogP contribution in [0, 0.1) is 5.92 Å². The second-order valence-electron chi connectivity index (χ2n) is 6.29. The normalized spacial score (nSPS) is 37.3. The van der Waals surface area contributed by atoms with E-state index < -0.39 is 0 Å². The Kier molecular flexibility index (Phi) is 3.46. The molecule has 2 atom stereocenters. The Morgan fingerprint density at radius 1 is 1.26 bits per heavy atom. The maximum absolute atomic E-state index is 4.00. The van der Waals surface area contributed by atoms with Crippen LogP contribution in [-0.2, 0) is 6.42 Å². The minimum absolute atomic E-state index is 0.608. The molecule has 5 rings (SSSR count). The molecular formula is C15H21BrN2S. The molecule has 0 spiro atoms. The molecule has 4 aliphatic rings. The zero-order valence-electron chi connectivity index (χ0n) is 11.2. The number of rotatable bonds is 2. The molecule has 104 valence electrons. The molecule has 3 aliphatic heterocycles. The van der Waals surface area contributed by atoms with Gasteiger partial charge in [0.2, 0.25) is 0 Å². The molecule has 1 aromatic rings. The summed E-state index contributed by atoms with van der Waals surface area (Å²) in [6, 6.07) is 3.70. The summed E-state index contributed by atoms with van der Waals surface area (Å²) in [6.07, 6.45) is 6.76. The Morgan fingerprint density at radius 2 is 2.11 bits per heavy atom. The molecule has 2 nitrogen and oxygen atoms in total. The minimum Gasteiger partial charge on any atom is -0.306 e. The van der Waals surface area contributed by atoms with Crippen LogP contribution in [0.4, 0.5) is 0 Å². The summed E-state index contributed by atoms with van der Waals surface area (Å²) >= 11 is 5.60. The highest BCUT2D eigenvalue weighted by Crippen LogP contribution is 2.39. The van der Waals surface area contributed by atoms with Gasteiger partial charge in [0.25, 0.3) is 0 Å². The number of hydrogen-bond donors (Lipinski definition) is 1. The van der Waals surface area contributed by atoms with Gasteiger partial charge in [-0.25, -0.2) is 0 Å². The first-order chi connectivity index (χ1) is 9.29. The molecule has 3 saturated heterocycles. The Balaban J connectivity index is 1.51. The molecule has 4 heterocycles. The average Bonchev–Trinajstić information content (AvgIpc) is 2.82. The van der Waals surface area contributed by atoms with E-state index in [2.05, 4.69) is 32.2 Å². The SMILES string of the molecule is Brc1cc2c(s1)CCCC2NC1CN2CCC1CC2. The van der Waals surface area contributed by atoms with E-state index in [4.69, 9.17) is 0 Å². The Morgan fingerprint density at radius 3 is 2.84 bits per heavy atom. The Hall–Kier alpha value is 0.1000. The first-order valence-corrected chi connectivity index (χ1v) is 9.17. The molecule has 1 aliphatic carbocycles. The highest BCUT2D eigenvalue weighted by atomic mass is 79.9. The summed E-state index contributed by atoms with van der Waals surface area (Å²) < 4.78 is 1.31. The largest absolute Gasteiger partial charge is 0.306 e. The molecule has 3 fully saturated rings. The third kappa shape index (κ3) is 2.41. The molecular weight excluding hydrogens is 320 g/mol. The third-order valence-electron chi connectivity index (χ3n) is 5.16. The van der Waals surface area contributed by atoms with Crippen LogP contribution < -0.4 is 5.32 Å². The summed E-state index contributed by atoms with van der Waals surface area (Å²) in [5.74, 6) is 0.928. The number of aryl methyl sites for hydroxylation is 1. The van der Waals surface area contributed by atoms with Gasteiger partial charge in [-0.3, -0.25) is 0 Å². The van der Waals surface area contributed by atoms with Crippen LogP contribution in [0.25, 0.3) is 0 Å². The van der Waals surface area contributed by atoms with Crippen LogP contribution in [0.5, 0.6) is 0 Å². The van der Waals surface area contributed by atoms with Crippen molar-refractivity contribution in [2.75, 3.05) is 19.6 Å². The molecule has 1 aromatic heterocycles. The predicted molar refractivity (Wildman–Crippen MR) is 83.8 cm³/mol. The lowest BCUT2D eigenvalue weighted by Crippen LogP contribution is -2.56. The van der Waals surface area contributed by atoms with E-state index in [0.29, 0.717) is 6.04 Å². The van der Waals surface area contributed by atoms with Crippen LogP contribution in [0.2, 0.25) is 0 Å². The fourth-order valence-corrected chi connectivity index (χ4v) is 5.93. The van der Waals surface area contributed by atoms with Gasteiger partial charge in [-0.05, 0) is 78.7 Å². The number of piperidine rings is 3. The second kappa shape index (κ2) is 5.14. The minimum atomic E-state index is 0.608. The van der Waals surface area contributed by atoms with Gasteiger partial charge in [0.05, 0.1) is 3.79 Å². The highest BCUT2D eigenvalue weighted by Gasteiger charge is 2.36. The summed E-state index contributed by atoms with van der Waals surface area (Å²) in [5, 5.41) is 4.00. The Bertz CT molecular complexity index is 465. The lowest BCUT2D eigenvalue weighted by atomic mass is 9.82. The van der Waals surface area contributed by atoms with E-state index >= 15 is 0 Å². The van der Waals surface area contributed by atoms with Crippen LogP contribution in [-0.4, -0.2) is 30.6 Å². The van der Waals surface area contributed by atoms with E-state index in [0.717, 1.165) is 12.0 Å². The van der Waals surface area contributed by atoms with Gasteiger partial charge in [-0.1, -0.05) is 0 Å². The summed E-state index contributed by atoms with van der Waals surface area (Å²) in [5.41, 5.74) is 1.58. The number of halogens is 1. The topological polar surface area (TPSA) is 15.3 Å². The van der Waals surface area contributed by atoms with Crippen molar-refractivity contribution in [2.24, 2.45) is 5.92 Å². The number of nitrogens with one attached hydrogen (secondary N) is 1. The molecule has 19 heavy (non-hydrogen) atoms. The van der Waals surface area contributed by atoms with Crippen molar-refractivity contribution < 1.29 is 0 Å². The van der Waals surface area contributed by atoms with Crippen LogP contribution >= 0.6 is 27.3 Å². The van der Waals surface area contributed by atoms with E-state index in [1.165, 1.54) is 55.5 Å². The lowest BCUT2D eigenvalue weighted by molar-refractivity contribution is 0.0657. The third-order valence-corrected chi connectivity index (χ3v) is 6.87. The second-order valence-corrected chi connectivity index (χ2v) is 8.80. The molecule has 1 N–H and O–H groups in total. The van der Waals surface area contributed by atoms with Gasteiger partial charge >= 0.3 is 0 Å². The van der Waals surface area contributed by atoms with Gasteiger partial charge in [-0.15, -0.1) is 11.3 Å². The first-order valence-electron chi connectivity index (χ1n) is 7.56. The van der Waals surface area contributed by atoms with Crippen molar-refractivity contribution in [3.05, 3.63) is 20.3 Å². The van der Waals surface area contributed by atoms with Crippen LogP contribution in [0.3, 0.4) is 0 Å². The molecule has 0 aromatic carbocycles. The quantitative estimate of drug-likeness (QED) is 0.885. The average molecular weight is 341 g/mol. The predicted octanol–water partition coefficient (Wildman–Crippen LogP) is 3.57. The fraction of sp³-hybridized carbons (Fsp3) is 0.733. The summed E-state index contributed by atoms with van der Waals surface area (Å²) in [4.78, 5) is 4.25. The number of thiophene rings is 1. The Labute approximate surface area is 127 Å². The zero-order chi connectivity index (χ0) is 12.8. The molecule has 4 heteroatoms. The molecule has 0 amide bonds. The van der Waals surface area contributed by atoms with Gasteiger partial charge in [0.1, 0.15) is 0 Å². The van der Waals surface area contributed by atoms with Crippen molar-refractivity contribution in [1.82, 2.24) is 10.2 Å². The van der Waals surface area contributed by atoms with Crippen LogP contribution in [0.15, 0.2) is 9.85 Å². The molecule has 0 radical (unpaired) electrons. The lowest BCUT2D eigenvalue weighted by Gasteiger charge is -2.46. The monoisotopic (exact) mass is 340 g/mol. The van der Waals surface area contributed by atoms with Crippen molar-refractivity contribution >= 4 is 27.3 Å². The van der Waals surface area contributed by atoms with Crippen LogP contribution in [0.1, 0.15) is 42.2 Å². The fourth-order valence-electron chi connectivity index (χ4n) is 4.11. The van der Waals surface area contributed by atoms with E-state index in [1.807, 2.05) is 11.3 Å². The number of fused-ring (bicyclic) bond motifs is 4. The van der Waals surface area contributed by atoms with Crippen molar-refractivity contribution in [3.8, 4) is 0 Å². The number of hydrogen-bond acceptors (Lipinski definition) is 3. The van der Waals surface area contributed by atoms with Crippen molar-refractivity contribution in [1.29, 1.82) is 0 Å². The van der Waals surface area contributed by atoms with E-state index in [9.17, 15) is 0 Å². The summed E-state index contributed by atoms with van der Waals surface area (Å²) in [7, 11) is 0. The molecule has 2 bridgehead atoms. The van der Waals surface area contributed by atoms with Gasteiger partial charge in [-0.2, -0.15) is 0 Å². The molecule has 0 saturated carbocycles. The van der Waals surface area contributed by atoms with Gasteiger partial charge in [0.15, 0.2) is 0 Å². The maximum Gasteiger partial charge on any atom is 0.0704 e. The van der Waals surface area contributed by atoms with E-state index in [-0.39, 0.29) is 0 Å². The number of nitrogens with zero attached hydrogens (tertiary/aromatic N) is 1. The van der Waals surface area contributed by atoms with Gasteiger partial charge in [0, 0.05) is 23.5 Å². The van der Waals surface area contributed by atoms with Crippen molar-refractivity contribution in [3.63, 3.8) is 0 Å². The highest BCUT2D eigenvalue weighted by molar-refractivity contribution is 9.11. The van der Waals surface area contributed by atoms with E-state index in [1.54, 1.807) is 10.4 Å². The molecule has 2 unspecified atom stereocenters. The zero-order valence-corrected chi connectivity index (χ0v) is 13.6. The smallest absolute Gasteiger partial charge is 0.0704 e. The standard InChI is InChI=1S/C15H21BrN2S/c16-15-8-11-12(2-1-3-14(11)19-15)17-13-9-18-6-4-10(13)5-7-18/h8,10,12-13,17H,1-7,9H2. The van der Waals surface area contributed by atoms with Gasteiger partial charge < -0.3 is 10.2 Å². The maximum atomic E-state index is 4.00. The first kappa shape index (κ1) is 12.8. The summed E-state index contributed by atoms with van der Waals surface area (Å²) in [6.45, 7) is 3.95. The van der Waals surface area contributed by atoms with Crippen molar-refractivity contribution in [2.45, 2.75) is 44.2 Å².